The third-order valence-electron chi connectivity index (χ3n) is 1.98. The molecule has 0 radical (unpaired) electrons. The minimum atomic E-state index is 0. The fourth-order valence-electron chi connectivity index (χ4n) is 1.14. The Morgan fingerprint density at radius 1 is 1.12 bits per heavy atom. The van der Waals surface area contributed by atoms with Crippen LogP contribution in [0.3, 0.4) is 0 Å². The maximum Gasteiger partial charge on any atom is 0.0406 e. The van der Waals surface area contributed by atoms with Gasteiger partial charge in [-0.25, -0.2) is 0 Å². The van der Waals surface area contributed by atoms with Crippen molar-refractivity contribution in [3.05, 3.63) is 34.9 Å². The molecular formula is C11H19Cl3N2. The number of hydrogen-bond acceptors (Lipinski definition) is 2. The number of hydrogen-bond donors (Lipinski definition) is 1. The summed E-state index contributed by atoms with van der Waals surface area (Å²) in [7, 11) is 4.15. The lowest BCUT2D eigenvalue weighted by atomic mass is 10.2. The first kappa shape index (κ1) is 18.4. The standard InChI is InChI=1S/C11H17ClN2.2ClH/c1-14(2)8-7-13-9-10-3-5-11(12)6-4-10;;/h3-6,13H,7-9H2,1-2H3;2*1H. The average Bonchev–Trinajstić information content (AvgIpc) is 2.15. The molecule has 0 aliphatic carbocycles. The first-order valence-corrected chi connectivity index (χ1v) is 5.16. The van der Waals surface area contributed by atoms with Crippen LogP contribution in [0, 0.1) is 0 Å². The van der Waals surface area contributed by atoms with Crippen LogP contribution >= 0.6 is 36.4 Å². The molecule has 0 aliphatic heterocycles. The Kier molecular flexibility index (Phi) is 11.7. The minimum Gasteiger partial charge on any atom is -0.311 e. The third-order valence-corrected chi connectivity index (χ3v) is 2.23. The highest BCUT2D eigenvalue weighted by Gasteiger charge is 1.93. The van der Waals surface area contributed by atoms with E-state index >= 15 is 0 Å². The van der Waals surface area contributed by atoms with Crippen LogP contribution in [0.2, 0.25) is 5.02 Å². The fourth-order valence-corrected chi connectivity index (χ4v) is 1.26. The van der Waals surface area contributed by atoms with Crippen molar-refractivity contribution in [2.75, 3.05) is 27.2 Å². The molecule has 0 aliphatic rings. The molecule has 1 aromatic carbocycles. The highest BCUT2D eigenvalue weighted by Crippen LogP contribution is 2.08. The summed E-state index contributed by atoms with van der Waals surface area (Å²) in [5, 5.41) is 4.16. The van der Waals surface area contributed by atoms with E-state index in [1.54, 1.807) is 0 Å². The zero-order valence-electron chi connectivity index (χ0n) is 9.57. The van der Waals surface area contributed by atoms with E-state index in [9.17, 15) is 0 Å². The van der Waals surface area contributed by atoms with Gasteiger partial charge in [-0.05, 0) is 31.8 Å². The second kappa shape index (κ2) is 10.2. The quantitative estimate of drug-likeness (QED) is 0.837. The predicted molar refractivity (Wildman–Crippen MR) is 76.2 cm³/mol. The van der Waals surface area contributed by atoms with Crippen LogP contribution in [0.1, 0.15) is 5.56 Å². The maximum atomic E-state index is 5.79. The van der Waals surface area contributed by atoms with Crippen molar-refractivity contribution in [3.8, 4) is 0 Å². The largest absolute Gasteiger partial charge is 0.311 e. The molecule has 1 rings (SSSR count). The number of rotatable bonds is 5. The molecule has 0 atom stereocenters. The van der Waals surface area contributed by atoms with E-state index in [4.69, 9.17) is 11.6 Å². The van der Waals surface area contributed by atoms with Crippen LogP contribution in [-0.4, -0.2) is 32.1 Å². The van der Waals surface area contributed by atoms with Gasteiger partial charge in [-0.15, -0.1) is 24.8 Å². The Morgan fingerprint density at radius 3 is 2.19 bits per heavy atom. The van der Waals surface area contributed by atoms with Crippen molar-refractivity contribution in [2.45, 2.75) is 6.54 Å². The first-order valence-electron chi connectivity index (χ1n) is 4.78. The zero-order valence-corrected chi connectivity index (χ0v) is 12.0. The molecule has 0 saturated carbocycles. The van der Waals surface area contributed by atoms with E-state index in [0.717, 1.165) is 24.7 Å². The molecule has 0 bridgehead atoms. The van der Waals surface area contributed by atoms with Crippen molar-refractivity contribution in [2.24, 2.45) is 0 Å². The van der Waals surface area contributed by atoms with E-state index in [1.165, 1.54) is 5.56 Å². The fraction of sp³-hybridized carbons (Fsp3) is 0.455. The van der Waals surface area contributed by atoms with Crippen molar-refractivity contribution in [3.63, 3.8) is 0 Å². The maximum absolute atomic E-state index is 5.79. The van der Waals surface area contributed by atoms with Gasteiger partial charge in [-0.2, -0.15) is 0 Å². The van der Waals surface area contributed by atoms with Gasteiger partial charge >= 0.3 is 0 Å². The van der Waals surface area contributed by atoms with Gasteiger partial charge in [0, 0.05) is 24.7 Å². The number of likely N-dealkylation sites (N-methyl/N-ethyl adjacent to an activating group) is 1. The van der Waals surface area contributed by atoms with E-state index in [2.05, 4.69) is 24.3 Å². The Morgan fingerprint density at radius 2 is 1.69 bits per heavy atom. The molecule has 0 unspecified atom stereocenters. The van der Waals surface area contributed by atoms with E-state index in [0.29, 0.717) is 0 Å². The Hall–Kier alpha value is 0.01000. The Balaban J connectivity index is 0. The lowest BCUT2D eigenvalue weighted by Crippen LogP contribution is -2.26. The van der Waals surface area contributed by atoms with Gasteiger partial charge in [0.15, 0.2) is 0 Å². The number of benzene rings is 1. The van der Waals surface area contributed by atoms with E-state index in [-0.39, 0.29) is 24.8 Å². The molecule has 2 nitrogen and oxygen atoms in total. The second-order valence-electron chi connectivity index (χ2n) is 3.61. The SMILES string of the molecule is CN(C)CCNCc1ccc(Cl)cc1.Cl.Cl. The monoisotopic (exact) mass is 284 g/mol. The molecule has 1 aromatic rings. The number of halogens is 3. The molecular weight excluding hydrogens is 266 g/mol. The Labute approximate surface area is 115 Å². The third kappa shape index (κ3) is 8.20. The van der Waals surface area contributed by atoms with E-state index in [1.807, 2.05) is 24.3 Å². The molecule has 0 aromatic heterocycles. The van der Waals surface area contributed by atoms with Crippen molar-refractivity contribution in [1.29, 1.82) is 0 Å². The second-order valence-corrected chi connectivity index (χ2v) is 4.04. The van der Waals surface area contributed by atoms with Gasteiger partial charge in [-0.1, -0.05) is 23.7 Å². The molecule has 94 valence electrons. The van der Waals surface area contributed by atoms with Crippen LogP contribution in [0.4, 0.5) is 0 Å². The number of nitrogens with one attached hydrogen (secondary N) is 1. The van der Waals surface area contributed by atoms with Crippen LogP contribution < -0.4 is 5.32 Å². The first-order chi connectivity index (χ1) is 6.68. The molecule has 16 heavy (non-hydrogen) atoms. The summed E-state index contributed by atoms with van der Waals surface area (Å²) in [6.07, 6.45) is 0. The lowest BCUT2D eigenvalue weighted by Gasteiger charge is -2.10. The van der Waals surface area contributed by atoms with Crippen molar-refractivity contribution >= 4 is 36.4 Å². The van der Waals surface area contributed by atoms with Crippen LogP contribution in [0.15, 0.2) is 24.3 Å². The molecule has 5 heteroatoms. The van der Waals surface area contributed by atoms with Gasteiger partial charge in [0.25, 0.3) is 0 Å². The summed E-state index contributed by atoms with van der Waals surface area (Å²) < 4.78 is 0. The summed E-state index contributed by atoms with van der Waals surface area (Å²) in [6.45, 7) is 2.98. The van der Waals surface area contributed by atoms with Crippen LogP contribution in [-0.2, 0) is 6.54 Å². The summed E-state index contributed by atoms with van der Waals surface area (Å²) in [6, 6.07) is 7.94. The van der Waals surface area contributed by atoms with Gasteiger partial charge in [-0.3, -0.25) is 0 Å². The van der Waals surface area contributed by atoms with Crippen molar-refractivity contribution < 1.29 is 0 Å². The topological polar surface area (TPSA) is 15.3 Å². The van der Waals surface area contributed by atoms with E-state index < -0.39 is 0 Å². The number of nitrogens with zero attached hydrogens (tertiary/aromatic N) is 1. The summed E-state index contributed by atoms with van der Waals surface area (Å²) in [5.74, 6) is 0. The van der Waals surface area contributed by atoms with Gasteiger partial charge < -0.3 is 10.2 Å². The summed E-state index contributed by atoms with van der Waals surface area (Å²) in [4.78, 5) is 2.16. The minimum absolute atomic E-state index is 0. The molecule has 1 N–H and O–H groups in total. The molecule has 0 amide bonds. The predicted octanol–water partition coefficient (Wildman–Crippen LogP) is 2.83. The normalized spacial score (nSPS) is 9.50. The lowest BCUT2D eigenvalue weighted by molar-refractivity contribution is 0.400. The van der Waals surface area contributed by atoms with Gasteiger partial charge in [0.05, 0.1) is 0 Å². The molecule has 0 spiro atoms. The Bertz CT molecular complexity index is 262. The average molecular weight is 286 g/mol. The van der Waals surface area contributed by atoms with Gasteiger partial charge in [0.2, 0.25) is 0 Å². The highest BCUT2D eigenvalue weighted by molar-refractivity contribution is 6.30. The molecule has 0 fully saturated rings. The van der Waals surface area contributed by atoms with Crippen LogP contribution in [0.25, 0.3) is 0 Å². The summed E-state index contributed by atoms with van der Waals surface area (Å²) in [5.41, 5.74) is 1.27. The van der Waals surface area contributed by atoms with Crippen LogP contribution in [0.5, 0.6) is 0 Å². The van der Waals surface area contributed by atoms with Gasteiger partial charge in [0.1, 0.15) is 0 Å². The van der Waals surface area contributed by atoms with Crippen molar-refractivity contribution in [1.82, 2.24) is 10.2 Å². The molecule has 0 heterocycles. The smallest absolute Gasteiger partial charge is 0.0406 e. The highest BCUT2D eigenvalue weighted by atomic mass is 35.5. The summed E-state index contributed by atoms with van der Waals surface area (Å²) >= 11 is 5.79. The zero-order chi connectivity index (χ0) is 10.4. The molecule has 0 saturated heterocycles.